The van der Waals surface area contributed by atoms with Crippen LogP contribution in [0.25, 0.3) is 0 Å². The van der Waals surface area contributed by atoms with Gasteiger partial charge in [-0.25, -0.2) is 0 Å². The zero-order valence-electron chi connectivity index (χ0n) is 12.6. The Morgan fingerprint density at radius 2 is 2.24 bits per heavy atom. The Labute approximate surface area is 130 Å². The molecule has 0 radical (unpaired) electrons. The van der Waals surface area contributed by atoms with Crippen molar-refractivity contribution in [3.63, 3.8) is 0 Å². The Balaban J connectivity index is 1.56. The van der Waals surface area contributed by atoms with Gasteiger partial charge in [-0.05, 0) is 25.0 Å². The molecule has 0 aromatic carbocycles. The minimum Gasteiger partial charge on any atom is -0.387 e. The zero-order chi connectivity index (χ0) is 14.7. The summed E-state index contributed by atoms with van der Waals surface area (Å²) in [5.74, 6) is 1.72. The summed E-state index contributed by atoms with van der Waals surface area (Å²) in [6.07, 6.45) is 5.71. The van der Waals surface area contributed by atoms with Crippen LogP contribution in [0.4, 0.5) is 0 Å². The Morgan fingerprint density at radius 1 is 1.43 bits per heavy atom. The van der Waals surface area contributed by atoms with Gasteiger partial charge in [0.2, 0.25) is 5.91 Å². The first-order valence-corrected chi connectivity index (χ1v) is 9.25. The number of carbonyl (C=O) groups excluding carboxylic acids is 1. The molecule has 0 aromatic heterocycles. The standard InChI is InChI=1S/C15H26N2O3S/c18-14(16-10-15(19)5-8-21-11-15)13-9-20-7-6-17(13)12-3-1-2-4-12/h12-13,19H,1-11H2,(H,16,18)/t13-,15+/m0/s1. The molecule has 0 spiro atoms. The fraction of sp³-hybridized carbons (Fsp3) is 0.933. The van der Waals surface area contributed by atoms with Gasteiger partial charge in [-0.2, -0.15) is 11.8 Å². The molecular weight excluding hydrogens is 288 g/mol. The molecule has 1 saturated carbocycles. The van der Waals surface area contributed by atoms with E-state index < -0.39 is 5.60 Å². The van der Waals surface area contributed by atoms with Crippen LogP contribution in [-0.2, 0) is 9.53 Å². The lowest BCUT2D eigenvalue weighted by molar-refractivity contribution is -0.135. The number of nitrogens with zero attached hydrogens (tertiary/aromatic N) is 1. The van der Waals surface area contributed by atoms with Gasteiger partial charge < -0.3 is 15.2 Å². The second kappa shape index (κ2) is 6.86. The number of thioether (sulfide) groups is 1. The van der Waals surface area contributed by atoms with Crippen LogP contribution in [0, 0.1) is 0 Å². The van der Waals surface area contributed by atoms with Crippen LogP contribution in [0.5, 0.6) is 0 Å². The predicted molar refractivity (Wildman–Crippen MR) is 83.5 cm³/mol. The van der Waals surface area contributed by atoms with Gasteiger partial charge in [0, 0.05) is 24.9 Å². The number of aliphatic hydroxyl groups is 1. The summed E-state index contributed by atoms with van der Waals surface area (Å²) in [6.45, 7) is 2.42. The second-order valence-electron chi connectivity index (χ2n) is 6.51. The molecule has 0 aromatic rings. The van der Waals surface area contributed by atoms with E-state index in [1.165, 1.54) is 25.7 Å². The number of amides is 1. The number of morpholine rings is 1. The minimum atomic E-state index is -0.714. The Bertz CT molecular complexity index is 368. The molecule has 2 N–H and O–H groups in total. The third-order valence-electron chi connectivity index (χ3n) is 4.94. The maximum Gasteiger partial charge on any atom is 0.239 e. The predicted octanol–water partition coefficient (Wildman–Crippen LogP) is 0.614. The molecule has 1 amide bonds. The number of hydrogen-bond donors (Lipinski definition) is 2. The lowest BCUT2D eigenvalue weighted by Crippen LogP contribution is -2.58. The summed E-state index contributed by atoms with van der Waals surface area (Å²) in [7, 11) is 0. The first-order valence-electron chi connectivity index (χ1n) is 8.09. The number of hydrogen-bond acceptors (Lipinski definition) is 5. The van der Waals surface area contributed by atoms with Gasteiger partial charge in [-0.1, -0.05) is 12.8 Å². The molecule has 21 heavy (non-hydrogen) atoms. The third kappa shape index (κ3) is 3.73. The van der Waals surface area contributed by atoms with E-state index in [0.717, 1.165) is 31.1 Å². The van der Waals surface area contributed by atoms with Crippen molar-refractivity contribution < 1.29 is 14.6 Å². The molecule has 2 atom stereocenters. The third-order valence-corrected chi connectivity index (χ3v) is 6.17. The van der Waals surface area contributed by atoms with Gasteiger partial charge in [0.1, 0.15) is 6.04 Å². The molecule has 2 saturated heterocycles. The minimum absolute atomic E-state index is 0.0203. The number of carbonyl (C=O) groups is 1. The maximum atomic E-state index is 12.5. The maximum absolute atomic E-state index is 12.5. The molecule has 2 heterocycles. The van der Waals surface area contributed by atoms with Crippen molar-refractivity contribution in [1.29, 1.82) is 0 Å². The normalized spacial score (nSPS) is 35.2. The highest BCUT2D eigenvalue weighted by Crippen LogP contribution is 2.28. The topological polar surface area (TPSA) is 61.8 Å². The molecule has 1 aliphatic carbocycles. The van der Waals surface area contributed by atoms with E-state index >= 15 is 0 Å². The molecule has 2 aliphatic heterocycles. The van der Waals surface area contributed by atoms with Gasteiger partial charge in [-0.15, -0.1) is 0 Å². The summed E-state index contributed by atoms with van der Waals surface area (Å²) >= 11 is 1.75. The van der Waals surface area contributed by atoms with E-state index in [2.05, 4.69) is 10.2 Å². The molecule has 120 valence electrons. The fourth-order valence-corrected chi connectivity index (χ4v) is 4.92. The summed E-state index contributed by atoms with van der Waals surface area (Å²) < 4.78 is 5.52. The summed E-state index contributed by atoms with van der Waals surface area (Å²) in [5, 5.41) is 13.3. The summed E-state index contributed by atoms with van der Waals surface area (Å²) in [5.41, 5.74) is -0.714. The molecule has 0 unspecified atom stereocenters. The SMILES string of the molecule is O=C(NC[C@]1(O)CCSC1)[C@@H]1COCCN1C1CCCC1. The van der Waals surface area contributed by atoms with Crippen LogP contribution in [0.2, 0.25) is 0 Å². The lowest BCUT2D eigenvalue weighted by Gasteiger charge is -2.39. The highest BCUT2D eigenvalue weighted by atomic mass is 32.2. The Kier molecular flexibility index (Phi) is 5.09. The smallest absolute Gasteiger partial charge is 0.239 e. The molecule has 3 fully saturated rings. The molecule has 0 bridgehead atoms. The van der Waals surface area contributed by atoms with Crippen LogP contribution in [0.1, 0.15) is 32.1 Å². The van der Waals surface area contributed by atoms with E-state index in [4.69, 9.17) is 4.74 Å². The molecule has 3 aliphatic rings. The number of nitrogens with one attached hydrogen (secondary N) is 1. The van der Waals surface area contributed by atoms with Gasteiger partial charge in [0.25, 0.3) is 0 Å². The molecule has 3 rings (SSSR count). The van der Waals surface area contributed by atoms with Crippen molar-refractivity contribution in [3.8, 4) is 0 Å². The zero-order valence-corrected chi connectivity index (χ0v) is 13.4. The molecule has 6 heteroatoms. The summed E-state index contributed by atoms with van der Waals surface area (Å²) in [4.78, 5) is 14.8. The van der Waals surface area contributed by atoms with Crippen molar-refractivity contribution in [2.75, 3.05) is 37.8 Å². The Morgan fingerprint density at radius 3 is 2.95 bits per heavy atom. The van der Waals surface area contributed by atoms with E-state index in [9.17, 15) is 9.90 Å². The second-order valence-corrected chi connectivity index (χ2v) is 7.62. The number of rotatable bonds is 4. The van der Waals surface area contributed by atoms with E-state index in [-0.39, 0.29) is 11.9 Å². The molecular formula is C15H26N2O3S. The quantitative estimate of drug-likeness (QED) is 0.796. The van der Waals surface area contributed by atoms with Crippen LogP contribution in [0.3, 0.4) is 0 Å². The lowest BCUT2D eigenvalue weighted by atomic mass is 10.0. The van der Waals surface area contributed by atoms with Gasteiger partial charge >= 0.3 is 0 Å². The van der Waals surface area contributed by atoms with Crippen molar-refractivity contribution in [1.82, 2.24) is 10.2 Å². The highest BCUT2D eigenvalue weighted by molar-refractivity contribution is 7.99. The van der Waals surface area contributed by atoms with Gasteiger partial charge in [-0.3, -0.25) is 9.69 Å². The van der Waals surface area contributed by atoms with Gasteiger partial charge in [0.05, 0.1) is 18.8 Å². The highest BCUT2D eigenvalue weighted by Gasteiger charge is 2.37. The van der Waals surface area contributed by atoms with Gasteiger partial charge in [0.15, 0.2) is 0 Å². The fourth-order valence-electron chi connectivity index (χ4n) is 3.62. The average molecular weight is 314 g/mol. The van der Waals surface area contributed by atoms with Crippen LogP contribution in [-0.4, -0.2) is 71.4 Å². The Hall–Kier alpha value is -0.300. The first kappa shape index (κ1) is 15.6. The van der Waals surface area contributed by atoms with Crippen LogP contribution in [0.15, 0.2) is 0 Å². The van der Waals surface area contributed by atoms with Crippen molar-refractivity contribution in [3.05, 3.63) is 0 Å². The van der Waals surface area contributed by atoms with Crippen LogP contribution < -0.4 is 5.32 Å². The van der Waals surface area contributed by atoms with Crippen LogP contribution >= 0.6 is 11.8 Å². The first-order chi connectivity index (χ1) is 10.2. The van der Waals surface area contributed by atoms with Crippen molar-refractivity contribution >= 4 is 17.7 Å². The van der Waals surface area contributed by atoms with Crippen molar-refractivity contribution in [2.24, 2.45) is 0 Å². The van der Waals surface area contributed by atoms with E-state index in [1.54, 1.807) is 11.8 Å². The molecule has 5 nitrogen and oxygen atoms in total. The monoisotopic (exact) mass is 314 g/mol. The largest absolute Gasteiger partial charge is 0.387 e. The number of ether oxygens (including phenoxy) is 1. The van der Waals surface area contributed by atoms with E-state index in [0.29, 0.717) is 19.2 Å². The summed E-state index contributed by atoms with van der Waals surface area (Å²) in [6, 6.07) is 0.356. The van der Waals surface area contributed by atoms with Crippen molar-refractivity contribution in [2.45, 2.75) is 49.8 Å². The van der Waals surface area contributed by atoms with E-state index in [1.807, 2.05) is 0 Å². The average Bonchev–Trinajstić information content (AvgIpc) is 3.17.